The van der Waals surface area contributed by atoms with E-state index in [2.05, 4.69) is 25.4 Å². The van der Waals surface area contributed by atoms with Crippen LogP contribution in [0.25, 0.3) is 16.7 Å². The lowest BCUT2D eigenvalue weighted by Crippen LogP contribution is -2.53. The monoisotopic (exact) mass is 526 g/mol. The summed E-state index contributed by atoms with van der Waals surface area (Å²) in [6.07, 6.45) is 0.407. The number of alkyl halides is 3. The Balaban J connectivity index is 1.48. The molecule has 4 heterocycles. The van der Waals surface area contributed by atoms with Crippen molar-refractivity contribution in [1.82, 2.24) is 24.7 Å². The molecule has 5 rings (SSSR count). The number of halogens is 3. The SMILES string of the molecule is CCc1nc(NCC(O)(CC(C)(C)c2cccc3c2OCC3)C(F)(F)F)c2cnn(-c3ccncc3)c2n1. The summed E-state index contributed by atoms with van der Waals surface area (Å²) in [6.45, 7) is 4.93. The molecule has 8 nitrogen and oxygen atoms in total. The largest absolute Gasteiger partial charge is 0.493 e. The van der Waals surface area contributed by atoms with Crippen molar-refractivity contribution >= 4 is 16.9 Å². The number of nitrogens with zero attached hydrogens (tertiary/aromatic N) is 5. The number of aromatic nitrogens is 5. The number of hydrogen-bond acceptors (Lipinski definition) is 7. The quantitative estimate of drug-likeness (QED) is 0.341. The van der Waals surface area contributed by atoms with Gasteiger partial charge >= 0.3 is 6.18 Å². The van der Waals surface area contributed by atoms with Crippen molar-refractivity contribution in [2.75, 3.05) is 18.5 Å². The first-order chi connectivity index (χ1) is 18.0. The molecule has 0 bridgehead atoms. The van der Waals surface area contributed by atoms with Crippen molar-refractivity contribution in [2.24, 2.45) is 0 Å². The van der Waals surface area contributed by atoms with Crippen LogP contribution in [0, 0.1) is 0 Å². The van der Waals surface area contributed by atoms with Gasteiger partial charge in [-0.05, 0) is 29.5 Å². The number of ether oxygens (including phenoxy) is 1. The van der Waals surface area contributed by atoms with Gasteiger partial charge < -0.3 is 15.2 Å². The molecule has 1 unspecified atom stereocenters. The maximum atomic E-state index is 14.4. The second-order valence-electron chi connectivity index (χ2n) is 10.2. The summed E-state index contributed by atoms with van der Waals surface area (Å²) in [5, 5.41) is 18.7. The maximum Gasteiger partial charge on any atom is 0.418 e. The number of aryl methyl sites for hydroxylation is 1. The Morgan fingerprint density at radius 1 is 1.11 bits per heavy atom. The van der Waals surface area contributed by atoms with Crippen molar-refractivity contribution in [3.63, 3.8) is 0 Å². The first-order valence-corrected chi connectivity index (χ1v) is 12.5. The van der Waals surface area contributed by atoms with Gasteiger partial charge in [-0.25, -0.2) is 14.6 Å². The highest BCUT2D eigenvalue weighted by Crippen LogP contribution is 2.45. The lowest BCUT2D eigenvalue weighted by molar-refractivity contribution is -0.260. The molecule has 200 valence electrons. The summed E-state index contributed by atoms with van der Waals surface area (Å²) >= 11 is 0. The van der Waals surface area contributed by atoms with Gasteiger partial charge in [-0.15, -0.1) is 0 Å². The van der Waals surface area contributed by atoms with E-state index in [9.17, 15) is 18.3 Å². The first kappa shape index (κ1) is 25.9. The molecule has 1 aliphatic heterocycles. The van der Waals surface area contributed by atoms with Crippen LogP contribution in [0.1, 0.15) is 44.1 Å². The Bertz CT molecular complexity index is 1450. The average Bonchev–Trinajstić information content (AvgIpc) is 3.54. The molecule has 0 aliphatic carbocycles. The first-order valence-electron chi connectivity index (χ1n) is 12.5. The lowest BCUT2D eigenvalue weighted by atomic mass is 9.74. The van der Waals surface area contributed by atoms with E-state index in [0.29, 0.717) is 53.3 Å². The number of pyridine rings is 1. The summed E-state index contributed by atoms with van der Waals surface area (Å²) in [6, 6.07) is 9.00. The third-order valence-electron chi connectivity index (χ3n) is 6.95. The average molecular weight is 527 g/mol. The molecule has 2 N–H and O–H groups in total. The Morgan fingerprint density at radius 2 is 1.87 bits per heavy atom. The smallest absolute Gasteiger partial charge is 0.418 e. The predicted octanol–water partition coefficient (Wildman–Crippen LogP) is 4.78. The lowest BCUT2D eigenvalue weighted by Gasteiger charge is -2.38. The molecule has 11 heteroatoms. The highest BCUT2D eigenvalue weighted by Gasteiger charge is 2.56. The van der Waals surface area contributed by atoms with E-state index in [-0.39, 0.29) is 5.82 Å². The minimum atomic E-state index is -4.91. The van der Waals surface area contributed by atoms with Crippen molar-refractivity contribution in [2.45, 2.75) is 57.2 Å². The topological polar surface area (TPSA) is 98.0 Å². The number of para-hydroxylation sites is 1. The Hall–Kier alpha value is -3.73. The van der Waals surface area contributed by atoms with E-state index in [0.717, 1.165) is 5.56 Å². The summed E-state index contributed by atoms with van der Waals surface area (Å²) < 4.78 is 50.6. The van der Waals surface area contributed by atoms with Gasteiger partial charge in [0.25, 0.3) is 0 Å². The van der Waals surface area contributed by atoms with Crippen molar-refractivity contribution in [1.29, 1.82) is 0 Å². The molecule has 0 fully saturated rings. The summed E-state index contributed by atoms with van der Waals surface area (Å²) in [5.41, 5.74) is -1.34. The van der Waals surface area contributed by atoms with Crippen LogP contribution in [0.5, 0.6) is 5.75 Å². The number of aliphatic hydroxyl groups is 1. The highest BCUT2D eigenvalue weighted by atomic mass is 19.4. The molecule has 0 spiro atoms. The van der Waals surface area contributed by atoms with Crippen LogP contribution in [-0.2, 0) is 18.3 Å². The van der Waals surface area contributed by atoms with Crippen molar-refractivity contribution < 1.29 is 23.0 Å². The zero-order valence-electron chi connectivity index (χ0n) is 21.4. The second kappa shape index (κ2) is 9.54. The maximum absolute atomic E-state index is 14.4. The fourth-order valence-electron chi connectivity index (χ4n) is 4.99. The van der Waals surface area contributed by atoms with Crippen LogP contribution in [0.3, 0.4) is 0 Å². The number of rotatable bonds is 8. The third kappa shape index (κ3) is 4.66. The molecule has 4 aromatic rings. The fourth-order valence-corrected chi connectivity index (χ4v) is 4.99. The van der Waals surface area contributed by atoms with Gasteiger partial charge in [0.1, 0.15) is 17.4 Å². The molecular formula is C27H29F3N6O2. The predicted molar refractivity (Wildman–Crippen MR) is 137 cm³/mol. The summed E-state index contributed by atoms with van der Waals surface area (Å²) in [7, 11) is 0. The van der Waals surface area contributed by atoms with E-state index < -0.39 is 30.2 Å². The number of benzene rings is 1. The zero-order valence-corrected chi connectivity index (χ0v) is 21.4. The number of fused-ring (bicyclic) bond motifs is 2. The van der Waals surface area contributed by atoms with E-state index in [1.165, 1.54) is 6.20 Å². The second-order valence-corrected chi connectivity index (χ2v) is 10.2. The van der Waals surface area contributed by atoms with Gasteiger partial charge in [0.2, 0.25) is 0 Å². The van der Waals surface area contributed by atoms with Crippen molar-refractivity contribution in [3.05, 3.63) is 65.9 Å². The van der Waals surface area contributed by atoms with Gasteiger partial charge in [0.15, 0.2) is 11.2 Å². The van der Waals surface area contributed by atoms with Gasteiger partial charge in [0, 0.05) is 30.8 Å². The summed E-state index contributed by atoms with van der Waals surface area (Å²) in [5.74, 6) is 1.23. The molecular weight excluding hydrogens is 497 g/mol. The molecule has 38 heavy (non-hydrogen) atoms. The Morgan fingerprint density at radius 3 is 2.58 bits per heavy atom. The number of nitrogens with one attached hydrogen (secondary N) is 1. The minimum absolute atomic E-state index is 0.177. The van der Waals surface area contributed by atoms with E-state index in [4.69, 9.17) is 4.74 Å². The molecule has 1 atom stereocenters. The Labute approximate surface area is 217 Å². The van der Waals surface area contributed by atoms with Gasteiger partial charge in [0.05, 0.1) is 30.4 Å². The number of anilines is 1. The van der Waals surface area contributed by atoms with Crippen LogP contribution in [0.2, 0.25) is 0 Å². The van der Waals surface area contributed by atoms with Crippen LogP contribution in [0.15, 0.2) is 48.9 Å². The van der Waals surface area contributed by atoms with Gasteiger partial charge in [-0.3, -0.25) is 4.98 Å². The molecule has 3 aromatic heterocycles. The van der Waals surface area contributed by atoms with E-state index in [1.54, 1.807) is 49.1 Å². The normalized spacial score (nSPS) is 15.2. The number of hydrogen-bond donors (Lipinski definition) is 2. The van der Waals surface area contributed by atoms with Crippen LogP contribution in [-0.4, -0.2) is 54.8 Å². The van der Waals surface area contributed by atoms with Gasteiger partial charge in [-0.2, -0.15) is 18.3 Å². The van der Waals surface area contributed by atoms with Gasteiger partial charge in [-0.1, -0.05) is 39.0 Å². The molecule has 0 radical (unpaired) electrons. The van der Waals surface area contributed by atoms with Crippen molar-refractivity contribution in [3.8, 4) is 11.4 Å². The third-order valence-corrected chi connectivity index (χ3v) is 6.95. The highest BCUT2D eigenvalue weighted by molar-refractivity contribution is 5.87. The van der Waals surface area contributed by atoms with Crippen LogP contribution in [0.4, 0.5) is 19.0 Å². The fraction of sp³-hybridized carbons (Fsp3) is 0.407. The van der Waals surface area contributed by atoms with Crippen LogP contribution >= 0.6 is 0 Å². The summed E-state index contributed by atoms with van der Waals surface area (Å²) in [4.78, 5) is 13.0. The molecule has 1 aliphatic rings. The molecule has 1 aromatic carbocycles. The van der Waals surface area contributed by atoms with E-state index >= 15 is 0 Å². The molecule has 0 saturated heterocycles. The standard InChI is InChI=1S/C27H29F3N6O2/c1-4-21-34-23(19-14-33-36(24(19)35-21)18-8-11-31-12-9-18)32-16-26(37,27(28,29)30)15-25(2,3)20-7-5-6-17-10-13-38-22(17)20/h5-9,11-12,14,37H,4,10,13,15-16H2,1-3H3,(H,32,34,35). The molecule has 0 saturated carbocycles. The van der Waals surface area contributed by atoms with E-state index in [1.807, 2.05) is 19.1 Å². The van der Waals surface area contributed by atoms with Crippen LogP contribution < -0.4 is 10.1 Å². The Kier molecular flexibility index (Phi) is 6.50. The zero-order chi connectivity index (χ0) is 27.1. The minimum Gasteiger partial charge on any atom is -0.493 e. The molecule has 0 amide bonds.